The minimum absolute atomic E-state index is 0.118. The van der Waals surface area contributed by atoms with Gasteiger partial charge in [0.1, 0.15) is 5.56 Å². The Morgan fingerprint density at radius 2 is 1.73 bits per heavy atom. The molecule has 114 valence electrons. The molecular weight excluding hydrogens is 303 g/mol. The third kappa shape index (κ3) is 3.05. The van der Waals surface area contributed by atoms with Gasteiger partial charge in [-0.1, -0.05) is 12.1 Å². The molecule has 0 heterocycles. The summed E-state index contributed by atoms with van der Waals surface area (Å²) in [5.74, 6) is -1.53. The number of carbonyl (C=O) groups is 1. The van der Waals surface area contributed by atoms with Crippen molar-refractivity contribution in [1.82, 2.24) is 0 Å². The van der Waals surface area contributed by atoms with Gasteiger partial charge in [-0.05, 0) is 35.4 Å². The van der Waals surface area contributed by atoms with Gasteiger partial charge >= 0.3 is 12.1 Å². The lowest BCUT2D eigenvalue weighted by molar-refractivity contribution is -0.385. The topological polar surface area (TPSA) is 80.4 Å². The number of aromatic carboxylic acids is 1. The van der Waals surface area contributed by atoms with Crippen LogP contribution in [0.3, 0.4) is 0 Å². The summed E-state index contributed by atoms with van der Waals surface area (Å²) in [6.45, 7) is 0. The minimum Gasteiger partial charge on any atom is -0.477 e. The third-order valence-electron chi connectivity index (χ3n) is 2.95. The molecule has 22 heavy (non-hydrogen) atoms. The standard InChI is InChI=1S/C14H8F3NO4/c15-14(16,17)10-3-1-2-8(6-10)9-4-5-12(18(21)22)11(7-9)13(19)20/h1-7H,(H,19,20). The van der Waals surface area contributed by atoms with Gasteiger partial charge in [-0.2, -0.15) is 13.2 Å². The van der Waals surface area contributed by atoms with Gasteiger partial charge in [0.15, 0.2) is 0 Å². The second-order valence-electron chi connectivity index (χ2n) is 4.37. The Balaban J connectivity index is 2.57. The summed E-state index contributed by atoms with van der Waals surface area (Å²) in [5.41, 5.74) is -1.83. The van der Waals surface area contributed by atoms with E-state index in [1.807, 2.05) is 0 Å². The van der Waals surface area contributed by atoms with Crippen molar-refractivity contribution in [3.8, 4) is 11.1 Å². The van der Waals surface area contributed by atoms with Crippen LogP contribution < -0.4 is 0 Å². The average Bonchev–Trinajstić information content (AvgIpc) is 2.45. The number of carboxylic acid groups (broad SMARTS) is 1. The molecule has 0 saturated carbocycles. The highest BCUT2D eigenvalue weighted by Crippen LogP contribution is 2.33. The van der Waals surface area contributed by atoms with Crippen molar-refractivity contribution in [1.29, 1.82) is 0 Å². The number of hydrogen-bond donors (Lipinski definition) is 1. The normalized spacial score (nSPS) is 11.2. The summed E-state index contributed by atoms with van der Waals surface area (Å²) in [5, 5.41) is 19.7. The van der Waals surface area contributed by atoms with Gasteiger partial charge in [-0.3, -0.25) is 10.1 Å². The lowest BCUT2D eigenvalue weighted by atomic mass is 10.00. The largest absolute Gasteiger partial charge is 0.477 e. The van der Waals surface area contributed by atoms with Gasteiger partial charge in [-0.25, -0.2) is 4.79 Å². The number of nitro groups is 1. The highest BCUT2D eigenvalue weighted by Gasteiger charge is 2.30. The number of nitrogens with zero attached hydrogens (tertiary/aromatic N) is 1. The van der Waals surface area contributed by atoms with Gasteiger partial charge in [0.05, 0.1) is 10.5 Å². The second kappa shape index (κ2) is 5.47. The average molecular weight is 311 g/mol. The van der Waals surface area contributed by atoms with Crippen LogP contribution in [0.2, 0.25) is 0 Å². The summed E-state index contributed by atoms with van der Waals surface area (Å²) < 4.78 is 38.0. The summed E-state index contributed by atoms with van der Waals surface area (Å²) in [4.78, 5) is 20.9. The maximum atomic E-state index is 12.7. The summed E-state index contributed by atoms with van der Waals surface area (Å²) in [6.07, 6.45) is -4.54. The summed E-state index contributed by atoms with van der Waals surface area (Å²) >= 11 is 0. The number of nitro benzene ring substituents is 1. The van der Waals surface area contributed by atoms with E-state index < -0.39 is 33.9 Å². The van der Waals surface area contributed by atoms with Crippen LogP contribution in [0, 0.1) is 10.1 Å². The number of rotatable bonds is 3. The lowest BCUT2D eigenvalue weighted by Crippen LogP contribution is -2.05. The molecule has 5 nitrogen and oxygen atoms in total. The van der Waals surface area contributed by atoms with Crippen molar-refractivity contribution >= 4 is 11.7 Å². The quantitative estimate of drug-likeness (QED) is 0.686. The zero-order valence-corrected chi connectivity index (χ0v) is 10.8. The van der Waals surface area contributed by atoms with Crippen molar-refractivity contribution in [3.63, 3.8) is 0 Å². The highest BCUT2D eigenvalue weighted by molar-refractivity contribution is 5.94. The molecular formula is C14H8F3NO4. The van der Waals surface area contributed by atoms with E-state index in [1.165, 1.54) is 18.2 Å². The first-order valence-electron chi connectivity index (χ1n) is 5.89. The smallest absolute Gasteiger partial charge is 0.416 e. The van der Waals surface area contributed by atoms with Crippen molar-refractivity contribution in [2.24, 2.45) is 0 Å². The molecule has 0 spiro atoms. The summed E-state index contributed by atoms with van der Waals surface area (Å²) in [7, 11) is 0. The Bertz CT molecular complexity index is 756. The monoisotopic (exact) mass is 311 g/mol. The van der Waals surface area contributed by atoms with E-state index in [2.05, 4.69) is 0 Å². The van der Waals surface area contributed by atoms with Crippen molar-refractivity contribution in [3.05, 3.63) is 63.7 Å². The van der Waals surface area contributed by atoms with E-state index in [9.17, 15) is 28.1 Å². The molecule has 8 heteroatoms. The second-order valence-corrected chi connectivity index (χ2v) is 4.37. The molecule has 0 radical (unpaired) electrons. The zero-order chi connectivity index (χ0) is 16.5. The Morgan fingerprint density at radius 3 is 2.27 bits per heavy atom. The number of alkyl halides is 3. The van der Waals surface area contributed by atoms with E-state index in [1.54, 1.807) is 0 Å². The van der Waals surface area contributed by atoms with Crippen LogP contribution in [-0.2, 0) is 6.18 Å². The fourth-order valence-corrected chi connectivity index (χ4v) is 1.92. The first-order chi connectivity index (χ1) is 10.2. The number of hydrogen-bond acceptors (Lipinski definition) is 3. The summed E-state index contributed by atoms with van der Waals surface area (Å²) in [6, 6.07) is 7.43. The van der Waals surface area contributed by atoms with Crippen molar-refractivity contribution < 1.29 is 28.0 Å². The van der Waals surface area contributed by atoms with E-state index in [-0.39, 0.29) is 11.1 Å². The molecule has 0 amide bonds. The van der Waals surface area contributed by atoms with Crippen LogP contribution >= 0.6 is 0 Å². The predicted octanol–water partition coefficient (Wildman–Crippen LogP) is 3.98. The van der Waals surface area contributed by atoms with Crippen LogP contribution in [0.5, 0.6) is 0 Å². The Kier molecular flexibility index (Phi) is 3.85. The Hall–Kier alpha value is -2.90. The molecule has 0 aromatic heterocycles. The molecule has 0 aliphatic heterocycles. The van der Waals surface area contributed by atoms with Crippen molar-refractivity contribution in [2.75, 3.05) is 0 Å². The lowest BCUT2D eigenvalue weighted by Gasteiger charge is -2.09. The number of benzene rings is 2. The van der Waals surface area contributed by atoms with Gasteiger partial charge in [0.25, 0.3) is 5.69 Å². The predicted molar refractivity (Wildman–Crippen MR) is 70.5 cm³/mol. The number of halogens is 3. The molecule has 2 aromatic carbocycles. The molecule has 0 unspecified atom stereocenters. The van der Waals surface area contributed by atoms with E-state index in [0.717, 1.165) is 24.3 Å². The molecule has 0 atom stereocenters. The van der Waals surface area contributed by atoms with Crippen LogP contribution in [0.15, 0.2) is 42.5 Å². The molecule has 0 saturated heterocycles. The third-order valence-corrected chi connectivity index (χ3v) is 2.95. The van der Waals surface area contributed by atoms with Gasteiger partial charge in [0.2, 0.25) is 0 Å². The number of carboxylic acids is 1. The maximum absolute atomic E-state index is 12.7. The molecule has 2 aromatic rings. The fraction of sp³-hybridized carbons (Fsp3) is 0.0714. The van der Waals surface area contributed by atoms with E-state index >= 15 is 0 Å². The van der Waals surface area contributed by atoms with Crippen molar-refractivity contribution in [2.45, 2.75) is 6.18 Å². The Labute approximate surface area is 121 Å². The SMILES string of the molecule is O=C(O)c1cc(-c2cccc(C(F)(F)F)c2)ccc1[N+](=O)[O-]. The van der Waals surface area contributed by atoms with Gasteiger partial charge in [-0.15, -0.1) is 0 Å². The fourth-order valence-electron chi connectivity index (χ4n) is 1.92. The molecule has 0 aliphatic rings. The maximum Gasteiger partial charge on any atom is 0.416 e. The molecule has 0 aliphatic carbocycles. The molecule has 2 rings (SSSR count). The molecule has 0 bridgehead atoms. The highest BCUT2D eigenvalue weighted by atomic mass is 19.4. The first-order valence-corrected chi connectivity index (χ1v) is 5.89. The van der Waals surface area contributed by atoms with E-state index in [4.69, 9.17) is 5.11 Å². The van der Waals surface area contributed by atoms with Crippen LogP contribution in [-0.4, -0.2) is 16.0 Å². The van der Waals surface area contributed by atoms with Gasteiger partial charge < -0.3 is 5.11 Å². The van der Waals surface area contributed by atoms with Crippen LogP contribution in [0.1, 0.15) is 15.9 Å². The van der Waals surface area contributed by atoms with Gasteiger partial charge in [0, 0.05) is 6.07 Å². The molecule has 0 fully saturated rings. The zero-order valence-electron chi connectivity index (χ0n) is 10.8. The van der Waals surface area contributed by atoms with Crippen LogP contribution in [0.4, 0.5) is 18.9 Å². The Morgan fingerprint density at radius 1 is 1.09 bits per heavy atom. The van der Waals surface area contributed by atoms with E-state index in [0.29, 0.717) is 0 Å². The minimum atomic E-state index is -4.54. The first kappa shape index (κ1) is 15.5. The molecule has 1 N–H and O–H groups in total. The van der Waals surface area contributed by atoms with Crippen LogP contribution in [0.25, 0.3) is 11.1 Å².